The molecule has 0 saturated carbocycles. The van der Waals surface area contributed by atoms with Gasteiger partial charge in [-0.1, -0.05) is 32.0 Å². The summed E-state index contributed by atoms with van der Waals surface area (Å²) in [6.45, 7) is 10.5. The van der Waals surface area contributed by atoms with E-state index in [1.807, 2.05) is 12.3 Å². The van der Waals surface area contributed by atoms with Crippen molar-refractivity contribution in [3.8, 4) is 0 Å². The molecule has 0 fully saturated rings. The Labute approximate surface area is 160 Å². The van der Waals surface area contributed by atoms with Gasteiger partial charge in [0.15, 0.2) is 13.2 Å². The standard InChI is InChI=1S/C17H28N4O3SSi/c1-16(2,3)26(5,6)24-14(10-11-15(22)23)17(25-4,20-21-18)13-9-7-8-12-19-13/h7-9,12,14H,10-11H2,1-6H3,(H,22,23). The fourth-order valence-corrected chi connectivity index (χ4v) is 4.64. The van der Waals surface area contributed by atoms with Crippen LogP contribution in [-0.4, -0.2) is 36.7 Å². The molecule has 0 aliphatic rings. The topological polar surface area (TPSA) is 108 Å². The molecule has 1 heterocycles. The van der Waals surface area contributed by atoms with Gasteiger partial charge in [0.05, 0.1) is 11.8 Å². The molecule has 2 unspecified atom stereocenters. The molecule has 0 bridgehead atoms. The molecule has 0 aliphatic carbocycles. The molecule has 0 aromatic carbocycles. The summed E-state index contributed by atoms with van der Waals surface area (Å²) in [7, 11) is -2.25. The Morgan fingerprint density at radius 2 is 2.12 bits per heavy atom. The van der Waals surface area contributed by atoms with Crippen LogP contribution in [0.3, 0.4) is 0 Å². The highest BCUT2D eigenvalue weighted by Crippen LogP contribution is 2.46. The van der Waals surface area contributed by atoms with Gasteiger partial charge in [-0.25, -0.2) is 0 Å². The quantitative estimate of drug-likeness (QED) is 0.268. The molecular formula is C17H28N4O3SSi. The summed E-state index contributed by atoms with van der Waals surface area (Å²) in [6.07, 6.45) is 3.02. The van der Waals surface area contributed by atoms with Gasteiger partial charge >= 0.3 is 5.97 Å². The van der Waals surface area contributed by atoms with Gasteiger partial charge in [0, 0.05) is 17.5 Å². The Bertz CT molecular complexity index is 660. The molecule has 0 amide bonds. The molecule has 1 aromatic rings. The predicted molar refractivity (Wildman–Crippen MR) is 108 cm³/mol. The zero-order valence-electron chi connectivity index (χ0n) is 16.3. The van der Waals surface area contributed by atoms with Crippen molar-refractivity contribution in [1.29, 1.82) is 0 Å². The normalized spacial score (nSPS) is 15.6. The van der Waals surface area contributed by atoms with Crippen LogP contribution in [0.15, 0.2) is 29.5 Å². The van der Waals surface area contributed by atoms with Crippen LogP contribution in [0.25, 0.3) is 10.4 Å². The third-order valence-electron chi connectivity index (χ3n) is 4.84. The molecule has 1 N–H and O–H groups in total. The maximum Gasteiger partial charge on any atom is 0.303 e. The van der Waals surface area contributed by atoms with Gasteiger partial charge in [-0.05, 0) is 48.5 Å². The first kappa shape index (κ1) is 22.5. The number of thioether (sulfide) groups is 1. The highest BCUT2D eigenvalue weighted by molar-refractivity contribution is 7.99. The molecule has 26 heavy (non-hydrogen) atoms. The monoisotopic (exact) mass is 396 g/mol. The van der Waals surface area contributed by atoms with Crippen molar-refractivity contribution in [3.05, 3.63) is 40.5 Å². The van der Waals surface area contributed by atoms with E-state index < -0.39 is 25.3 Å². The van der Waals surface area contributed by atoms with Crippen LogP contribution in [0.5, 0.6) is 0 Å². The summed E-state index contributed by atoms with van der Waals surface area (Å²) in [5, 5.41) is 13.2. The number of carboxylic acids is 1. The zero-order chi connectivity index (χ0) is 20.0. The highest BCUT2D eigenvalue weighted by atomic mass is 32.2. The average molecular weight is 397 g/mol. The van der Waals surface area contributed by atoms with Crippen LogP contribution in [0.4, 0.5) is 0 Å². The van der Waals surface area contributed by atoms with Crippen molar-refractivity contribution in [2.45, 2.75) is 62.7 Å². The highest BCUT2D eigenvalue weighted by Gasteiger charge is 2.47. The fourth-order valence-electron chi connectivity index (χ4n) is 2.32. The number of pyridine rings is 1. The maximum atomic E-state index is 11.2. The Balaban J connectivity index is 3.47. The second-order valence-electron chi connectivity index (χ2n) is 7.60. The number of carbonyl (C=O) groups is 1. The molecule has 1 rings (SSSR count). The second-order valence-corrected chi connectivity index (χ2v) is 13.4. The predicted octanol–water partition coefficient (Wildman–Crippen LogP) is 5.16. The van der Waals surface area contributed by atoms with E-state index in [-0.39, 0.29) is 17.9 Å². The number of azide groups is 1. The molecule has 0 saturated heterocycles. The number of aliphatic carboxylic acids is 1. The zero-order valence-corrected chi connectivity index (χ0v) is 18.1. The van der Waals surface area contributed by atoms with E-state index in [9.17, 15) is 15.4 Å². The first-order chi connectivity index (χ1) is 12.0. The number of hydrogen-bond acceptors (Lipinski definition) is 5. The van der Waals surface area contributed by atoms with Gasteiger partial charge in [0.1, 0.15) is 0 Å². The molecule has 0 radical (unpaired) electrons. The van der Waals surface area contributed by atoms with Gasteiger partial charge in [0.2, 0.25) is 0 Å². The van der Waals surface area contributed by atoms with E-state index in [2.05, 4.69) is 48.9 Å². The Morgan fingerprint density at radius 3 is 2.54 bits per heavy atom. The van der Waals surface area contributed by atoms with E-state index >= 15 is 0 Å². The van der Waals surface area contributed by atoms with Crippen molar-refractivity contribution >= 4 is 26.0 Å². The van der Waals surface area contributed by atoms with Crippen molar-refractivity contribution in [2.75, 3.05) is 6.26 Å². The Hall–Kier alpha value is -1.54. The fraction of sp³-hybridized carbons (Fsp3) is 0.647. The minimum Gasteiger partial charge on any atom is -0.481 e. The minimum absolute atomic E-state index is 0.0703. The van der Waals surface area contributed by atoms with Crippen molar-refractivity contribution in [1.82, 2.24) is 4.98 Å². The Kier molecular flexibility index (Phi) is 7.70. The maximum absolute atomic E-state index is 11.2. The lowest BCUT2D eigenvalue weighted by atomic mass is 10.0. The van der Waals surface area contributed by atoms with E-state index in [4.69, 9.17) is 4.43 Å². The molecule has 0 spiro atoms. The first-order valence-corrected chi connectivity index (χ1v) is 12.6. The second kappa shape index (κ2) is 8.90. The minimum atomic E-state index is -2.25. The summed E-state index contributed by atoms with van der Waals surface area (Å²) in [4.78, 5) is 17.5. The van der Waals surface area contributed by atoms with Crippen molar-refractivity contribution < 1.29 is 14.3 Å². The summed E-state index contributed by atoms with van der Waals surface area (Å²) in [5.41, 5.74) is 9.80. The van der Waals surface area contributed by atoms with Gasteiger partial charge in [-0.3, -0.25) is 9.78 Å². The van der Waals surface area contributed by atoms with E-state index in [0.717, 1.165) is 0 Å². The third kappa shape index (κ3) is 5.23. The molecular weight excluding hydrogens is 368 g/mol. The molecule has 2 atom stereocenters. The first-order valence-electron chi connectivity index (χ1n) is 8.42. The lowest BCUT2D eigenvalue weighted by molar-refractivity contribution is -0.137. The molecule has 144 valence electrons. The van der Waals surface area contributed by atoms with Crippen LogP contribution in [0, 0.1) is 0 Å². The van der Waals surface area contributed by atoms with Gasteiger partial charge in [-0.15, -0.1) is 11.8 Å². The SMILES string of the molecule is CSC(N=[N+]=[N-])(c1ccccn1)C(CCC(=O)O)O[Si](C)(C)C(C)(C)C. The number of nitrogens with zero attached hydrogens (tertiary/aromatic N) is 4. The summed E-state index contributed by atoms with van der Waals surface area (Å²) >= 11 is 1.33. The van der Waals surface area contributed by atoms with Crippen molar-refractivity contribution in [3.63, 3.8) is 0 Å². The van der Waals surface area contributed by atoms with Crippen molar-refractivity contribution in [2.24, 2.45) is 5.11 Å². The van der Waals surface area contributed by atoms with Gasteiger partial charge < -0.3 is 9.53 Å². The molecule has 1 aromatic heterocycles. The molecule has 7 nitrogen and oxygen atoms in total. The summed E-state index contributed by atoms with van der Waals surface area (Å²) in [6, 6.07) is 5.39. The van der Waals surface area contributed by atoms with Gasteiger partial charge in [0.25, 0.3) is 0 Å². The lowest BCUT2D eigenvalue weighted by Crippen LogP contribution is -2.49. The largest absolute Gasteiger partial charge is 0.481 e. The average Bonchev–Trinajstić information content (AvgIpc) is 2.56. The molecule has 0 aliphatic heterocycles. The van der Waals surface area contributed by atoms with Crippen LogP contribution in [0.2, 0.25) is 18.1 Å². The van der Waals surface area contributed by atoms with Crippen LogP contribution >= 0.6 is 11.8 Å². The summed E-state index contributed by atoms with van der Waals surface area (Å²) < 4.78 is 6.57. The third-order valence-corrected chi connectivity index (χ3v) is 10.5. The number of rotatable bonds is 9. The lowest BCUT2D eigenvalue weighted by Gasteiger charge is -2.44. The van der Waals surface area contributed by atoms with E-state index in [1.165, 1.54) is 11.8 Å². The van der Waals surface area contributed by atoms with E-state index in [1.54, 1.807) is 18.3 Å². The number of hydrogen-bond donors (Lipinski definition) is 1. The molecule has 9 heteroatoms. The van der Waals surface area contributed by atoms with E-state index in [0.29, 0.717) is 5.69 Å². The van der Waals surface area contributed by atoms with Crippen LogP contribution in [0.1, 0.15) is 39.3 Å². The number of aromatic nitrogens is 1. The van der Waals surface area contributed by atoms with Crippen LogP contribution < -0.4 is 0 Å². The summed E-state index contributed by atoms with van der Waals surface area (Å²) in [5.74, 6) is -0.911. The van der Waals surface area contributed by atoms with Gasteiger partial charge in [-0.2, -0.15) is 0 Å². The smallest absolute Gasteiger partial charge is 0.303 e. The Morgan fingerprint density at radius 1 is 1.46 bits per heavy atom. The number of carboxylic acid groups (broad SMARTS) is 1. The van der Waals surface area contributed by atoms with Crippen LogP contribution in [-0.2, 0) is 14.1 Å².